The third-order valence-electron chi connectivity index (χ3n) is 2.86. The molecule has 5 heteroatoms. The summed E-state index contributed by atoms with van der Waals surface area (Å²) in [5, 5.41) is 3.17. The van der Waals surface area contributed by atoms with Crippen LogP contribution >= 0.6 is 0 Å². The van der Waals surface area contributed by atoms with Crippen LogP contribution in [0.4, 0.5) is 16.2 Å². The molecule has 2 aromatic rings. The van der Waals surface area contributed by atoms with Crippen LogP contribution in [0.15, 0.2) is 30.5 Å². The number of halogens is 1. The van der Waals surface area contributed by atoms with Crippen LogP contribution in [0.25, 0.3) is 11.1 Å². The molecule has 3 rings (SSSR count). The van der Waals surface area contributed by atoms with Crippen LogP contribution < -0.4 is 11.1 Å². The Balaban J connectivity index is 1.92. The van der Waals surface area contributed by atoms with Gasteiger partial charge in [0.2, 0.25) is 5.95 Å². The molecule has 0 unspecified atom stereocenters. The average Bonchev–Trinajstić information content (AvgIpc) is 3.13. The van der Waals surface area contributed by atoms with Gasteiger partial charge in [-0.3, -0.25) is 0 Å². The van der Waals surface area contributed by atoms with Crippen LogP contribution in [0.5, 0.6) is 0 Å². The van der Waals surface area contributed by atoms with Crippen molar-refractivity contribution in [2.24, 2.45) is 0 Å². The summed E-state index contributed by atoms with van der Waals surface area (Å²) in [5.41, 5.74) is 7.22. The van der Waals surface area contributed by atoms with Gasteiger partial charge in [0, 0.05) is 17.8 Å². The van der Waals surface area contributed by atoms with Crippen molar-refractivity contribution in [2.45, 2.75) is 18.9 Å². The summed E-state index contributed by atoms with van der Waals surface area (Å²) in [7, 11) is 0. The SMILES string of the molecule is Nc1nc(NC2CC2)ncc1-c1cccc(F)c1. The van der Waals surface area contributed by atoms with Crippen molar-refractivity contribution in [3.63, 3.8) is 0 Å². The Kier molecular flexibility index (Phi) is 2.59. The number of nitrogen functional groups attached to an aromatic ring is 1. The van der Waals surface area contributed by atoms with Gasteiger partial charge in [-0.1, -0.05) is 12.1 Å². The molecule has 1 aromatic heterocycles. The first-order valence-corrected chi connectivity index (χ1v) is 5.87. The maximum absolute atomic E-state index is 13.2. The number of hydrogen-bond acceptors (Lipinski definition) is 4. The lowest BCUT2D eigenvalue weighted by Gasteiger charge is -2.07. The molecular weight excluding hydrogens is 231 g/mol. The van der Waals surface area contributed by atoms with Crippen molar-refractivity contribution >= 4 is 11.8 Å². The highest BCUT2D eigenvalue weighted by molar-refractivity contribution is 5.73. The van der Waals surface area contributed by atoms with Crippen molar-refractivity contribution in [2.75, 3.05) is 11.1 Å². The van der Waals surface area contributed by atoms with Crippen molar-refractivity contribution in [1.29, 1.82) is 0 Å². The van der Waals surface area contributed by atoms with E-state index in [1.54, 1.807) is 18.3 Å². The fourth-order valence-electron chi connectivity index (χ4n) is 1.75. The highest BCUT2D eigenvalue weighted by atomic mass is 19.1. The number of hydrogen-bond donors (Lipinski definition) is 2. The number of nitrogens with one attached hydrogen (secondary N) is 1. The maximum atomic E-state index is 13.2. The number of nitrogens with two attached hydrogens (primary N) is 1. The summed E-state index contributed by atoms with van der Waals surface area (Å²) in [6.07, 6.45) is 3.92. The maximum Gasteiger partial charge on any atom is 0.224 e. The number of aromatic nitrogens is 2. The number of anilines is 2. The van der Waals surface area contributed by atoms with E-state index in [9.17, 15) is 4.39 Å². The molecule has 92 valence electrons. The van der Waals surface area contributed by atoms with Crippen LogP contribution in [0.2, 0.25) is 0 Å². The van der Waals surface area contributed by atoms with Crippen LogP contribution in [0.1, 0.15) is 12.8 Å². The molecular formula is C13H13FN4. The lowest BCUT2D eigenvalue weighted by Crippen LogP contribution is -2.07. The molecule has 0 radical (unpaired) electrons. The first kappa shape index (κ1) is 11.0. The summed E-state index contributed by atoms with van der Waals surface area (Å²) < 4.78 is 13.2. The van der Waals surface area contributed by atoms with E-state index in [1.165, 1.54) is 12.1 Å². The zero-order valence-electron chi connectivity index (χ0n) is 9.73. The molecule has 0 amide bonds. The summed E-state index contributed by atoms with van der Waals surface area (Å²) >= 11 is 0. The summed E-state index contributed by atoms with van der Waals surface area (Å²) in [5.74, 6) is 0.598. The van der Waals surface area contributed by atoms with Gasteiger partial charge in [0.15, 0.2) is 0 Å². The molecule has 4 nitrogen and oxygen atoms in total. The molecule has 1 aromatic carbocycles. The summed E-state index contributed by atoms with van der Waals surface area (Å²) in [4.78, 5) is 8.39. The van der Waals surface area contributed by atoms with Crippen LogP contribution in [-0.2, 0) is 0 Å². The van der Waals surface area contributed by atoms with E-state index in [1.807, 2.05) is 0 Å². The molecule has 1 aliphatic rings. The quantitative estimate of drug-likeness (QED) is 0.870. The lowest BCUT2D eigenvalue weighted by atomic mass is 10.1. The average molecular weight is 244 g/mol. The minimum Gasteiger partial charge on any atom is -0.383 e. The van der Waals surface area contributed by atoms with Crippen molar-refractivity contribution in [3.05, 3.63) is 36.3 Å². The molecule has 0 saturated heterocycles. The van der Waals surface area contributed by atoms with Gasteiger partial charge in [-0.2, -0.15) is 4.98 Å². The Labute approximate surface area is 104 Å². The van der Waals surface area contributed by atoms with Gasteiger partial charge in [-0.05, 0) is 30.5 Å². The Bertz CT molecular complexity index is 581. The number of nitrogens with zero attached hydrogens (tertiary/aromatic N) is 2. The topological polar surface area (TPSA) is 63.8 Å². The lowest BCUT2D eigenvalue weighted by molar-refractivity contribution is 0.628. The molecule has 0 bridgehead atoms. The third-order valence-corrected chi connectivity index (χ3v) is 2.86. The normalized spacial score (nSPS) is 14.5. The van der Waals surface area contributed by atoms with E-state index in [-0.39, 0.29) is 5.82 Å². The molecule has 0 aliphatic heterocycles. The molecule has 18 heavy (non-hydrogen) atoms. The van der Waals surface area contributed by atoms with E-state index in [0.29, 0.717) is 28.9 Å². The number of rotatable bonds is 3. The van der Waals surface area contributed by atoms with Gasteiger partial charge >= 0.3 is 0 Å². The van der Waals surface area contributed by atoms with Crippen molar-refractivity contribution in [1.82, 2.24) is 9.97 Å². The second kappa shape index (κ2) is 4.25. The van der Waals surface area contributed by atoms with Gasteiger partial charge < -0.3 is 11.1 Å². The fraction of sp³-hybridized carbons (Fsp3) is 0.231. The Morgan fingerprint density at radius 3 is 2.83 bits per heavy atom. The summed E-state index contributed by atoms with van der Waals surface area (Å²) in [6, 6.07) is 6.71. The first-order valence-electron chi connectivity index (χ1n) is 5.87. The van der Waals surface area contributed by atoms with E-state index in [0.717, 1.165) is 12.8 Å². The molecule has 0 spiro atoms. The van der Waals surface area contributed by atoms with Crippen LogP contribution in [0, 0.1) is 5.82 Å². The van der Waals surface area contributed by atoms with E-state index >= 15 is 0 Å². The van der Waals surface area contributed by atoms with Gasteiger partial charge in [-0.15, -0.1) is 0 Å². The van der Waals surface area contributed by atoms with Crippen molar-refractivity contribution in [3.8, 4) is 11.1 Å². The smallest absolute Gasteiger partial charge is 0.224 e. The minimum atomic E-state index is -0.299. The Morgan fingerprint density at radius 1 is 1.33 bits per heavy atom. The molecule has 3 N–H and O–H groups in total. The third kappa shape index (κ3) is 2.25. The second-order valence-corrected chi connectivity index (χ2v) is 4.42. The fourth-order valence-corrected chi connectivity index (χ4v) is 1.75. The number of benzene rings is 1. The van der Waals surface area contributed by atoms with Crippen LogP contribution in [0.3, 0.4) is 0 Å². The van der Waals surface area contributed by atoms with Crippen LogP contribution in [-0.4, -0.2) is 16.0 Å². The predicted molar refractivity (Wildman–Crippen MR) is 68.5 cm³/mol. The zero-order chi connectivity index (χ0) is 12.5. The zero-order valence-corrected chi connectivity index (χ0v) is 9.73. The Morgan fingerprint density at radius 2 is 2.17 bits per heavy atom. The van der Waals surface area contributed by atoms with Gasteiger partial charge in [-0.25, -0.2) is 9.37 Å². The van der Waals surface area contributed by atoms with Gasteiger partial charge in [0.1, 0.15) is 11.6 Å². The standard InChI is InChI=1S/C13H13FN4/c14-9-3-1-2-8(6-9)11-7-16-13(18-12(11)15)17-10-4-5-10/h1-3,6-7,10H,4-5H2,(H3,15,16,17,18). The van der Waals surface area contributed by atoms with Gasteiger partial charge in [0.25, 0.3) is 0 Å². The second-order valence-electron chi connectivity index (χ2n) is 4.42. The highest BCUT2D eigenvalue weighted by Gasteiger charge is 2.22. The highest BCUT2D eigenvalue weighted by Crippen LogP contribution is 2.27. The van der Waals surface area contributed by atoms with Gasteiger partial charge in [0.05, 0.1) is 0 Å². The Hall–Kier alpha value is -2.17. The molecule has 1 aliphatic carbocycles. The molecule has 0 atom stereocenters. The minimum absolute atomic E-state index is 0.299. The van der Waals surface area contributed by atoms with E-state index < -0.39 is 0 Å². The molecule has 1 heterocycles. The van der Waals surface area contributed by atoms with E-state index in [4.69, 9.17) is 5.73 Å². The monoisotopic (exact) mass is 244 g/mol. The first-order chi connectivity index (χ1) is 8.72. The summed E-state index contributed by atoms with van der Waals surface area (Å²) in [6.45, 7) is 0. The molecule has 1 saturated carbocycles. The predicted octanol–water partition coefficient (Wildman–Crippen LogP) is 2.44. The van der Waals surface area contributed by atoms with E-state index in [2.05, 4.69) is 15.3 Å². The van der Waals surface area contributed by atoms with Crippen molar-refractivity contribution < 1.29 is 4.39 Å². The largest absolute Gasteiger partial charge is 0.383 e. The molecule has 1 fully saturated rings.